The van der Waals surface area contributed by atoms with Crippen LogP contribution in [-0.2, 0) is 6.54 Å². The average molecular weight is 279 g/mol. The van der Waals surface area contributed by atoms with E-state index in [2.05, 4.69) is 62.3 Å². The van der Waals surface area contributed by atoms with E-state index >= 15 is 0 Å². The van der Waals surface area contributed by atoms with Crippen molar-refractivity contribution in [2.75, 3.05) is 0 Å². The predicted octanol–water partition coefficient (Wildman–Crippen LogP) is 2.26. The van der Waals surface area contributed by atoms with E-state index in [4.69, 9.17) is 0 Å². The Morgan fingerprint density at radius 2 is 1.95 bits per heavy atom. The van der Waals surface area contributed by atoms with Gasteiger partial charge in [-0.2, -0.15) is 5.10 Å². The molecule has 0 aliphatic carbocycles. The quantitative estimate of drug-likeness (QED) is 0.887. The van der Waals surface area contributed by atoms with Crippen LogP contribution in [0.2, 0.25) is 0 Å². The first-order chi connectivity index (χ1) is 9.22. The number of rotatable bonds is 4. The Hall–Kier alpha value is -0.940. The molecule has 5 nitrogen and oxygen atoms in total. The largest absolute Gasteiger partial charge is 0.307 e. The molecule has 1 aromatic heterocycles. The van der Waals surface area contributed by atoms with E-state index in [1.54, 1.807) is 6.33 Å². The van der Waals surface area contributed by atoms with Gasteiger partial charge in [-0.15, -0.1) is 0 Å². The fraction of sp³-hybridized carbons (Fsp3) is 0.867. The molecule has 0 spiro atoms. The Bertz CT molecular complexity index is 433. The van der Waals surface area contributed by atoms with Crippen LogP contribution < -0.4 is 10.6 Å². The van der Waals surface area contributed by atoms with Gasteiger partial charge in [0.15, 0.2) is 0 Å². The van der Waals surface area contributed by atoms with E-state index in [1.807, 2.05) is 4.68 Å². The first kappa shape index (κ1) is 15.4. The van der Waals surface area contributed by atoms with Crippen LogP contribution in [0.5, 0.6) is 0 Å². The van der Waals surface area contributed by atoms with Crippen LogP contribution in [0.25, 0.3) is 0 Å². The van der Waals surface area contributed by atoms with Gasteiger partial charge in [-0.1, -0.05) is 0 Å². The normalized spacial score (nSPS) is 23.7. The van der Waals surface area contributed by atoms with Crippen molar-refractivity contribution in [2.45, 2.75) is 84.1 Å². The summed E-state index contributed by atoms with van der Waals surface area (Å²) in [6.45, 7) is 14.3. The molecule has 0 radical (unpaired) electrons. The minimum absolute atomic E-state index is 0.164. The van der Waals surface area contributed by atoms with Crippen molar-refractivity contribution in [3.8, 4) is 0 Å². The Morgan fingerprint density at radius 3 is 2.50 bits per heavy atom. The molecule has 2 rings (SSSR count). The number of hydrogen-bond acceptors (Lipinski definition) is 4. The molecular weight excluding hydrogens is 250 g/mol. The highest BCUT2D eigenvalue weighted by molar-refractivity contribution is 5.02. The van der Waals surface area contributed by atoms with Crippen molar-refractivity contribution in [1.82, 2.24) is 25.4 Å². The number of hydrogen-bond donors (Lipinski definition) is 2. The molecule has 20 heavy (non-hydrogen) atoms. The molecule has 2 heterocycles. The molecule has 2 N–H and O–H groups in total. The van der Waals surface area contributed by atoms with Gasteiger partial charge in [0.25, 0.3) is 0 Å². The van der Waals surface area contributed by atoms with Gasteiger partial charge >= 0.3 is 0 Å². The minimum Gasteiger partial charge on any atom is -0.307 e. The molecule has 0 bridgehead atoms. The summed E-state index contributed by atoms with van der Waals surface area (Å²) >= 11 is 0. The van der Waals surface area contributed by atoms with E-state index in [9.17, 15) is 0 Å². The van der Waals surface area contributed by atoms with Crippen LogP contribution in [0.1, 0.15) is 66.3 Å². The third-order valence-electron chi connectivity index (χ3n) is 4.01. The van der Waals surface area contributed by atoms with Crippen molar-refractivity contribution in [2.24, 2.45) is 0 Å². The second-order valence-corrected chi connectivity index (χ2v) is 7.32. The number of nitrogens with zero attached hydrogens (tertiary/aromatic N) is 3. The maximum Gasteiger partial charge on any atom is 0.143 e. The fourth-order valence-electron chi connectivity index (χ4n) is 3.72. The number of nitrogens with one attached hydrogen (secondary N) is 2. The van der Waals surface area contributed by atoms with E-state index in [1.165, 1.54) is 0 Å². The molecular formula is C15H29N5. The number of aryl methyl sites for hydroxylation is 1. The van der Waals surface area contributed by atoms with Crippen LogP contribution in [0.15, 0.2) is 6.33 Å². The van der Waals surface area contributed by atoms with Crippen LogP contribution in [0.4, 0.5) is 0 Å². The second-order valence-electron chi connectivity index (χ2n) is 7.32. The molecule has 114 valence electrons. The zero-order valence-electron chi connectivity index (χ0n) is 13.7. The molecule has 1 aromatic rings. The summed E-state index contributed by atoms with van der Waals surface area (Å²) in [5.41, 5.74) is 0.329. The Kier molecular flexibility index (Phi) is 4.21. The lowest BCUT2D eigenvalue weighted by molar-refractivity contribution is 0.139. The smallest absolute Gasteiger partial charge is 0.143 e. The van der Waals surface area contributed by atoms with E-state index in [-0.39, 0.29) is 17.1 Å². The van der Waals surface area contributed by atoms with Crippen LogP contribution in [0.3, 0.4) is 0 Å². The van der Waals surface area contributed by atoms with Crippen molar-refractivity contribution < 1.29 is 0 Å². The fourth-order valence-corrected chi connectivity index (χ4v) is 3.72. The molecule has 1 aliphatic rings. The van der Waals surface area contributed by atoms with Crippen LogP contribution in [0, 0.1) is 0 Å². The van der Waals surface area contributed by atoms with E-state index in [0.29, 0.717) is 6.04 Å². The van der Waals surface area contributed by atoms with Gasteiger partial charge in [0, 0.05) is 23.7 Å². The van der Waals surface area contributed by atoms with Gasteiger partial charge in [0.1, 0.15) is 12.2 Å². The maximum atomic E-state index is 4.40. The molecule has 1 aliphatic heterocycles. The van der Waals surface area contributed by atoms with Crippen LogP contribution in [-0.4, -0.2) is 31.9 Å². The Balaban J connectivity index is 2.06. The van der Waals surface area contributed by atoms with Gasteiger partial charge in [-0.25, -0.2) is 9.67 Å². The molecule has 5 heteroatoms. The van der Waals surface area contributed by atoms with Gasteiger partial charge in [0.05, 0.1) is 6.04 Å². The molecule has 0 amide bonds. The van der Waals surface area contributed by atoms with Gasteiger partial charge in [-0.3, -0.25) is 0 Å². The number of piperidine rings is 1. The summed E-state index contributed by atoms with van der Waals surface area (Å²) in [6.07, 6.45) is 3.90. The molecule has 1 saturated heterocycles. The lowest BCUT2D eigenvalue weighted by Gasteiger charge is -2.47. The summed E-state index contributed by atoms with van der Waals surface area (Å²) in [4.78, 5) is 4.40. The van der Waals surface area contributed by atoms with Crippen molar-refractivity contribution in [3.63, 3.8) is 0 Å². The lowest BCUT2D eigenvalue weighted by Crippen LogP contribution is -2.61. The van der Waals surface area contributed by atoms with E-state index in [0.717, 1.165) is 25.2 Å². The van der Waals surface area contributed by atoms with Crippen molar-refractivity contribution in [1.29, 1.82) is 0 Å². The first-order valence-corrected chi connectivity index (χ1v) is 7.65. The molecule has 0 unspecified atom stereocenters. The monoisotopic (exact) mass is 279 g/mol. The molecule has 0 saturated carbocycles. The lowest BCUT2D eigenvalue weighted by atomic mass is 9.79. The third-order valence-corrected chi connectivity index (χ3v) is 4.01. The topological polar surface area (TPSA) is 54.8 Å². The standard InChI is InChI=1S/C15H29N5/c1-7-20-13(16-10-17-20)11(2)18-12-8-14(3,4)19-15(5,6)9-12/h10-12,18-19H,7-9H2,1-6H3/t11-/m1/s1. The third kappa shape index (κ3) is 3.58. The Labute approximate surface area is 122 Å². The highest BCUT2D eigenvalue weighted by atomic mass is 15.3. The predicted molar refractivity (Wildman–Crippen MR) is 81.6 cm³/mol. The zero-order chi connectivity index (χ0) is 15.0. The second kappa shape index (κ2) is 5.45. The highest BCUT2D eigenvalue weighted by Crippen LogP contribution is 2.29. The van der Waals surface area contributed by atoms with Gasteiger partial charge in [-0.05, 0) is 54.4 Å². The van der Waals surface area contributed by atoms with Crippen LogP contribution >= 0.6 is 0 Å². The SMILES string of the molecule is CCn1ncnc1[C@@H](C)NC1CC(C)(C)NC(C)(C)C1. The van der Waals surface area contributed by atoms with Crippen molar-refractivity contribution in [3.05, 3.63) is 12.2 Å². The maximum absolute atomic E-state index is 4.40. The van der Waals surface area contributed by atoms with Gasteiger partial charge < -0.3 is 10.6 Å². The summed E-state index contributed by atoms with van der Waals surface area (Å²) in [6, 6.07) is 0.727. The molecule has 0 aromatic carbocycles. The molecule has 1 atom stereocenters. The zero-order valence-corrected chi connectivity index (χ0v) is 13.7. The minimum atomic E-state index is 0.164. The number of aromatic nitrogens is 3. The summed E-state index contributed by atoms with van der Waals surface area (Å²) in [7, 11) is 0. The summed E-state index contributed by atoms with van der Waals surface area (Å²) in [5.74, 6) is 1.03. The van der Waals surface area contributed by atoms with E-state index < -0.39 is 0 Å². The Morgan fingerprint density at radius 1 is 1.35 bits per heavy atom. The first-order valence-electron chi connectivity index (χ1n) is 7.65. The molecule has 1 fully saturated rings. The highest BCUT2D eigenvalue weighted by Gasteiger charge is 2.38. The summed E-state index contributed by atoms with van der Waals surface area (Å²) in [5, 5.41) is 11.7. The van der Waals surface area contributed by atoms with Gasteiger partial charge in [0.2, 0.25) is 0 Å². The van der Waals surface area contributed by atoms with Crippen molar-refractivity contribution >= 4 is 0 Å². The summed E-state index contributed by atoms with van der Waals surface area (Å²) < 4.78 is 1.97. The average Bonchev–Trinajstić information content (AvgIpc) is 2.71.